The Morgan fingerprint density at radius 2 is 2.18 bits per heavy atom. The lowest BCUT2D eigenvalue weighted by atomic mass is 10.0. The molecule has 4 heterocycles. The summed E-state index contributed by atoms with van der Waals surface area (Å²) in [6.07, 6.45) is 5.79. The first-order valence-corrected chi connectivity index (χ1v) is 10.7. The van der Waals surface area contributed by atoms with Gasteiger partial charge in [0, 0.05) is 18.8 Å². The van der Waals surface area contributed by atoms with E-state index in [1.54, 1.807) is 22.9 Å². The lowest BCUT2D eigenvalue weighted by Crippen LogP contribution is -2.42. The number of aliphatic hydroxyl groups is 1. The maximum absolute atomic E-state index is 14.1. The summed E-state index contributed by atoms with van der Waals surface area (Å²) in [5.41, 5.74) is 2.41. The van der Waals surface area contributed by atoms with Crippen LogP contribution in [0.2, 0.25) is 0 Å². The van der Waals surface area contributed by atoms with E-state index in [0.717, 1.165) is 17.6 Å². The molecule has 1 aliphatic heterocycles. The van der Waals surface area contributed by atoms with Gasteiger partial charge in [-0.05, 0) is 38.1 Å². The second-order valence-corrected chi connectivity index (χ2v) is 8.45. The van der Waals surface area contributed by atoms with E-state index in [9.17, 15) is 14.3 Å². The minimum Gasteiger partial charge on any atom is -0.387 e. The Balaban J connectivity index is 1.65. The number of nitrogens with zero attached hydrogens (tertiary/aromatic N) is 5. The number of hydrogen-bond donors (Lipinski definition) is 3. The molecule has 0 fully saturated rings. The summed E-state index contributed by atoms with van der Waals surface area (Å²) in [6, 6.07) is 9.16. The van der Waals surface area contributed by atoms with Gasteiger partial charge in [0.1, 0.15) is 12.2 Å². The number of amides is 1. The topological polar surface area (TPSA) is 128 Å². The van der Waals surface area contributed by atoms with E-state index in [0.29, 0.717) is 29.2 Å². The number of aromatic nitrogens is 3. The van der Waals surface area contributed by atoms with Gasteiger partial charge in [0.05, 0.1) is 64.3 Å². The van der Waals surface area contributed by atoms with E-state index in [1.807, 2.05) is 18.2 Å². The average Bonchev–Trinajstić information content (AvgIpc) is 3.49. The monoisotopic (exact) mass is 461 g/mol. The molecule has 9 nitrogen and oxygen atoms in total. The molecule has 1 atom stereocenters. The van der Waals surface area contributed by atoms with E-state index in [-0.39, 0.29) is 12.1 Å². The Morgan fingerprint density at radius 3 is 2.88 bits per heavy atom. The van der Waals surface area contributed by atoms with Crippen molar-refractivity contribution in [2.45, 2.75) is 32.0 Å². The molecule has 1 aliphatic rings. The summed E-state index contributed by atoms with van der Waals surface area (Å²) in [5.74, 6) is -0.519. The molecule has 0 bridgehead atoms. The van der Waals surface area contributed by atoms with E-state index in [1.165, 1.54) is 26.2 Å². The second-order valence-electron chi connectivity index (χ2n) is 8.45. The molecule has 0 radical (unpaired) electrons. The molecule has 0 aromatic carbocycles. The summed E-state index contributed by atoms with van der Waals surface area (Å²) in [7, 11) is 0. The van der Waals surface area contributed by atoms with Gasteiger partial charge in [0.25, 0.3) is 5.91 Å². The summed E-state index contributed by atoms with van der Waals surface area (Å²) in [4.78, 5) is 21.6. The number of rotatable bonds is 8. The van der Waals surface area contributed by atoms with Crippen molar-refractivity contribution < 1.29 is 14.3 Å². The number of alkyl halides is 1. The van der Waals surface area contributed by atoms with Gasteiger partial charge in [0.15, 0.2) is 0 Å². The van der Waals surface area contributed by atoms with Crippen molar-refractivity contribution in [3.05, 3.63) is 59.6 Å². The predicted molar refractivity (Wildman–Crippen MR) is 126 cm³/mol. The Hall–Kier alpha value is -4.10. The van der Waals surface area contributed by atoms with Crippen LogP contribution < -0.4 is 10.6 Å². The maximum atomic E-state index is 14.1. The van der Waals surface area contributed by atoms with Gasteiger partial charge in [-0.3, -0.25) is 14.8 Å². The second kappa shape index (κ2) is 9.41. The number of anilines is 1. The number of pyridine rings is 1. The maximum Gasteiger partial charge on any atom is 0.255 e. The normalized spacial score (nSPS) is 14.0. The molecule has 0 saturated carbocycles. The minimum atomic E-state index is -1.63. The first kappa shape index (κ1) is 23.1. The average molecular weight is 462 g/mol. The Labute approximate surface area is 195 Å². The third-order valence-electron chi connectivity index (χ3n) is 5.42. The van der Waals surface area contributed by atoms with Crippen LogP contribution in [-0.4, -0.2) is 56.7 Å². The highest BCUT2D eigenvalue weighted by Gasteiger charge is 2.27. The zero-order valence-corrected chi connectivity index (χ0v) is 18.8. The highest BCUT2D eigenvalue weighted by atomic mass is 19.1. The molecule has 0 aliphatic carbocycles. The van der Waals surface area contributed by atoms with E-state index < -0.39 is 17.7 Å². The molecule has 3 aromatic rings. The number of nitriles is 1. The molecule has 3 N–H and O–H groups in total. The summed E-state index contributed by atoms with van der Waals surface area (Å²) < 4.78 is 15.8. The molecule has 3 aromatic heterocycles. The SMILES string of the molecule is CC(C)(O)[C@H](F)CNC(=O)c1cnc(-c2ccc3cc(C#N)cnn23)cc1NCC1=CCC=N1. The number of aliphatic imine (C=N–C) groups is 1. The molecule has 0 saturated heterocycles. The van der Waals surface area contributed by atoms with Crippen LogP contribution >= 0.6 is 0 Å². The third kappa shape index (κ3) is 4.94. The van der Waals surface area contributed by atoms with Gasteiger partial charge >= 0.3 is 0 Å². The summed E-state index contributed by atoms with van der Waals surface area (Å²) in [6.45, 7) is 2.75. The van der Waals surface area contributed by atoms with Crippen molar-refractivity contribution >= 4 is 23.3 Å². The molecule has 0 spiro atoms. The standard InChI is InChI=1S/C24H24FN7O2/c1-24(2,34)22(25)14-30-23(33)18-13-29-20(9-19(18)28-12-16-4-3-7-27-16)21-6-5-17-8-15(10-26)11-31-32(17)21/h4-9,11,13,22,34H,3,12,14H2,1-2H3,(H,28,29)(H,30,33)/t22-/m1/s1. The highest BCUT2D eigenvalue weighted by molar-refractivity contribution is 6.00. The fourth-order valence-corrected chi connectivity index (χ4v) is 3.42. The third-order valence-corrected chi connectivity index (χ3v) is 5.42. The Bertz CT molecular complexity index is 1330. The van der Waals surface area contributed by atoms with Crippen molar-refractivity contribution in [1.29, 1.82) is 5.26 Å². The molecule has 0 unspecified atom stereocenters. The van der Waals surface area contributed by atoms with Gasteiger partial charge < -0.3 is 15.7 Å². The van der Waals surface area contributed by atoms with Crippen LogP contribution in [0.4, 0.5) is 10.1 Å². The number of hydrogen-bond acceptors (Lipinski definition) is 7. The molecular weight excluding hydrogens is 437 g/mol. The highest BCUT2D eigenvalue weighted by Crippen LogP contribution is 2.26. The van der Waals surface area contributed by atoms with Gasteiger partial charge in [-0.2, -0.15) is 10.4 Å². The van der Waals surface area contributed by atoms with Crippen molar-refractivity contribution in [3.8, 4) is 17.5 Å². The van der Waals surface area contributed by atoms with Gasteiger partial charge in [-0.1, -0.05) is 6.08 Å². The Kier molecular flexibility index (Phi) is 6.38. The van der Waals surface area contributed by atoms with Crippen LogP contribution in [-0.2, 0) is 0 Å². The molecule has 4 rings (SSSR count). The number of halogens is 1. The van der Waals surface area contributed by atoms with Crippen molar-refractivity contribution in [2.75, 3.05) is 18.4 Å². The van der Waals surface area contributed by atoms with Crippen molar-refractivity contribution in [1.82, 2.24) is 19.9 Å². The predicted octanol–water partition coefficient (Wildman–Crippen LogP) is 2.88. The number of fused-ring (bicyclic) bond motifs is 1. The molecule has 10 heteroatoms. The summed E-state index contributed by atoms with van der Waals surface area (Å²) >= 11 is 0. The number of nitrogens with one attached hydrogen (secondary N) is 2. The molecular formula is C24H24FN7O2. The fraction of sp³-hybridized carbons (Fsp3) is 0.292. The molecule has 1 amide bonds. The van der Waals surface area contributed by atoms with E-state index >= 15 is 0 Å². The largest absolute Gasteiger partial charge is 0.387 e. The smallest absolute Gasteiger partial charge is 0.255 e. The molecule has 174 valence electrons. The van der Waals surface area contributed by atoms with Crippen LogP contribution in [0.5, 0.6) is 0 Å². The number of carbonyl (C=O) groups excluding carboxylic acids is 1. The van der Waals surface area contributed by atoms with Crippen LogP contribution in [0, 0.1) is 11.3 Å². The van der Waals surface area contributed by atoms with E-state index in [4.69, 9.17) is 5.26 Å². The van der Waals surface area contributed by atoms with Crippen LogP contribution in [0.15, 0.2) is 53.4 Å². The van der Waals surface area contributed by atoms with Gasteiger partial charge in [-0.15, -0.1) is 0 Å². The first-order valence-electron chi connectivity index (χ1n) is 10.7. The zero-order valence-electron chi connectivity index (χ0n) is 18.8. The van der Waals surface area contributed by atoms with E-state index in [2.05, 4.69) is 31.8 Å². The lowest BCUT2D eigenvalue weighted by molar-refractivity contribution is -0.00177. The minimum absolute atomic E-state index is 0.231. The Morgan fingerprint density at radius 1 is 1.35 bits per heavy atom. The van der Waals surface area contributed by atoms with Crippen LogP contribution in [0.25, 0.3) is 16.9 Å². The quantitative estimate of drug-likeness (QED) is 0.473. The van der Waals surface area contributed by atoms with Gasteiger partial charge in [-0.25, -0.2) is 8.91 Å². The molecule has 34 heavy (non-hydrogen) atoms. The number of carbonyl (C=O) groups is 1. The summed E-state index contributed by atoms with van der Waals surface area (Å²) in [5, 5.41) is 29.0. The number of allylic oxidation sites excluding steroid dienone is 1. The van der Waals surface area contributed by atoms with Crippen LogP contribution in [0.1, 0.15) is 36.2 Å². The van der Waals surface area contributed by atoms with Crippen molar-refractivity contribution in [2.24, 2.45) is 4.99 Å². The zero-order chi connectivity index (χ0) is 24.3. The first-order chi connectivity index (χ1) is 16.3. The van der Waals surface area contributed by atoms with Gasteiger partial charge in [0.2, 0.25) is 0 Å². The van der Waals surface area contributed by atoms with Crippen LogP contribution in [0.3, 0.4) is 0 Å². The van der Waals surface area contributed by atoms with Crippen molar-refractivity contribution in [3.63, 3.8) is 0 Å². The fourth-order valence-electron chi connectivity index (χ4n) is 3.42. The lowest BCUT2D eigenvalue weighted by Gasteiger charge is -2.22.